The first-order chi connectivity index (χ1) is 13.8. The molecule has 4 fully saturated rings. The third kappa shape index (κ3) is 4.36. The van der Waals surface area contributed by atoms with Gasteiger partial charge in [-0.1, -0.05) is 0 Å². The highest BCUT2D eigenvalue weighted by atomic mass is 32.2. The molecule has 4 aliphatic heterocycles. The normalized spacial score (nSPS) is 26.7. The average molecular weight is 423 g/mol. The van der Waals surface area contributed by atoms with E-state index in [1.807, 2.05) is 4.90 Å². The first-order valence-corrected chi connectivity index (χ1v) is 11.7. The zero-order valence-corrected chi connectivity index (χ0v) is 17.3. The summed E-state index contributed by atoms with van der Waals surface area (Å²) in [6.07, 6.45) is 3.39. The lowest BCUT2D eigenvalue weighted by Gasteiger charge is -2.39. The van der Waals surface area contributed by atoms with E-state index in [0.29, 0.717) is 37.8 Å². The summed E-state index contributed by atoms with van der Waals surface area (Å²) in [5.74, 6) is 0.457. The molecular weight excluding hydrogens is 396 g/mol. The predicted octanol–water partition coefficient (Wildman–Crippen LogP) is 1.17. The number of piperazine rings is 1. The first-order valence-electron chi connectivity index (χ1n) is 9.84. The maximum Gasteiger partial charge on any atom is 0.294 e. The van der Waals surface area contributed by atoms with Crippen molar-refractivity contribution in [2.75, 3.05) is 62.4 Å². The second kappa shape index (κ2) is 7.88. The SMILES string of the molecule is CS(=O)(=O)N1CCN(c2ccc([N+](=O)[O-])c(N/N=C3\CN4CCC3CC4)c2)CC1. The molecule has 4 aliphatic rings. The van der Waals surface area contributed by atoms with E-state index in [4.69, 9.17) is 0 Å². The van der Waals surface area contributed by atoms with Gasteiger partial charge < -0.3 is 4.90 Å². The van der Waals surface area contributed by atoms with Gasteiger partial charge in [0.1, 0.15) is 5.69 Å². The van der Waals surface area contributed by atoms with Gasteiger partial charge in [0.2, 0.25) is 10.0 Å². The molecule has 1 N–H and O–H groups in total. The zero-order chi connectivity index (χ0) is 20.6. The molecule has 0 aliphatic carbocycles. The molecule has 158 valence electrons. The van der Waals surface area contributed by atoms with Gasteiger partial charge in [0.15, 0.2) is 0 Å². The molecule has 2 bridgehead atoms. The molecule has 1 aromatic rings. The van der Waals surface area contributed by atoms with Crippen LogP contribution in [0, 0.1) is 16.0 Å². The highest BCUT2D eigenvalue weighted by Gasteiger charge is 2.31. The Bertz CT molecular complexity index is 918. The van der Waals surface area contributed by atoms with Crippen molar-refractivity contribution in [1.29, 1.82) is 0 Å². The maximum absolute atomic E-state index is 11.7. The molecule has 0 radical (unpaired) electrons. The number of sulfonamides is 1. The molecule has 4 saturated heterocycles. The molecule has 0 saturated carbocycles. The monoisotopic (exact) mass is 422 g/mol. The van der Waals surface area contributed by atoms with E-state index >= 15 is 0 Å². The summed E-state index contributed by atoms with van der Waals surface area (Å²) in [5.41, 5.74) is 5.17. The number of anilines is 2. The van der Waals surface area contributed by atoms with E-state index in [1.54, 1.807) is 12.1 Å². The Morgan fingerprint density at radius 3 is 2.38 bits per heavy atom. The van der Waals surface area contributed by atoms with Crippen LogP contribution >= 0.6 is 0 Å². The minimum absolute atomic E-state index is 0.0193. The molecule has 29 heavy (non-hydrogen) atoms. The van der Waals surface area contributed by atoms with E-state index < -0.39 is 14.9 Å². The molecule has 4 heterocycles. The van der Waals surface area contributed by atoms with Gasteiger partial charge in [-0.3, -0.25) is 20.4 Å². The second-order valence-corrected chi connectivity index (χ2v) is 9.86. The average Bonchev–Trinajstić information content (AvgIpc) is 2.72. The largest absolute Gasteiger partial charge is 0.369 e. The van der Waals surface area contributed by atoms with Crippen molar-refractivity contribution in [2.24, 2.45) is 11.0 Å². The number of piperidine rings is 3. The van der Waals surface area contributed by atoms with E-state index in [1.165, 1.54) is 16.6 Å². The number of rotatable bonds is 5. The quantitative estimate of drug-likeness (QED) is 0.560. The Hall–Kier alpha value is -2.24. The van der Waals surface area contributed by atoms with Crippen LogP contribution in [0.4, 0.5) is 17.1 Å². The van der Waals surface area contributed by atoms with Gasteiger partial charge in [-0.2, -0.15) is 9.41 Å². The third-order valence-electron chi connectivity index (χ3n) is 6.01. The van der Waals surface area contributed by atoms with Crippen LogP contribution in [0.25, 0.3) is 0 Å². The summed E-state index contributed by atoms with van der Waals surface area (Å²) >= 11 is 0. The lowest BCUT2D eigenvalue weighted by Crippen LogP contribution is -2.48. The Kier molecular flexibility index (Phi) is 5.45. The van der Waals surface area contributed by atoms with Gasteiger partial charge >= 0.3 is 0 Å². The number of nitrogens with one attached hydrogen (secondary N) is 1. The van der Waals surface area contributed by atoms with E-state index in [0.717, 1.165) is 43.9 Å². The van der Waals surface area contributed by atoms with Gasteiger partial charge in [0.05, 0.1) is 16.9 Å². The van der Waals surface area contributed by atoms with Crippen LogP contribution in [0.2, 0.25) is 0 Å². The van der Waals surface area contributed by atoms with Gasteiger partial charge in [-0.05, 0) is 38.1 Å². The van der Waals surface area contributed by atoms with Crippen LogP contribution in [0.5, 0.6) is 0 Å². The molecule has 10 nitrogen and oxygen atoms in total. The number of hydrogen-bond donors (Lipinski definition) is 1. The van der Waals surface area contributed by atoms with Gasteiger partial charge in [0.25, 0.3) is 5.69 Å². The second-order valence-electron chi connectivity index (χ2n) is 7.87. The summed E-state index contributed by atoms with van der Waals surface area (Å²) in [6.45, 7) is 4.89. The smallest absolute Gasteiger partial charge is 0.294 e. The predicted molar refractivity (Wildman–Crippen MR) is 112 cm³/mol. The minimum Gasteiger partial charge on any atom is -0.369 e. The number of nitro benzene ring substituents is 1. The number of nitro groups is 1. The number of nitrogens with zero attached hydrogens (tertiary/aromatic N) is 5. The van der Waals surface area contributed by atoms with E-state index in [9.17, 15) is 18.5 Å². The molecule has 0 amide bonds. The topological polar surface area (TPSA) is 111 Å². The van der Waals surface area contributed by atoms with Crippen LogP contribution in [0.15, 0.2) is 23.3 Å². The Morgan fingerprint density at radius 2 is 1.83 bits per heavy atom. The minimum atomic E-state index is -3.20. The molecular formula is C18H26N6O4S. The summed E-state index contributed by atoms with van der Waals surface area (Å²) < 4.78 is 24.8. The molecule has 1 aromatic carbocycles. The number of fused-ring (bicyclic) bond motifs is 3. The van der Waals surface area contributed by atoms with E-state index in [2.05, 4.69) is 15.4 Å². The van der Waals surface area contributed by atoms with Crippen LogP contribution in [0.3, 0.4) is 0 Å². The molecule has 0 aromatic heterocycles. The fourth-order valence-electron chi connectivity index (χ4n) is 4.29. The first kappa shape index (κ1) is 20.0. The van der Waals surface area contributed by atoms with Crippen LogP contribution in [0.1, 0.15) is 12.8 Å². The number of hydrogen-bond acceptors (Lipinski definition) is 8. The van der Waals surface area contributed by atoms with E-state index in [-0.39, 0.29) is 5.69 Å². The van der Waals surface area contributed by atoms with Gasteiger partial charge in [0, 0.05) is 50.4 Å². The molecule has 11 heteroatoms. The Morgan fingerprint density at radius 1 is 1.14 bits per heavy atom. The summed E-state index contributed by atoms with van der Waals surface area (Å²) in [5, 5.41) is 16.0. The molecule has 0 atom stereocenters. The molecule has 0 spiro atoms. The lowest BCUT2D eigenvalue weighted by atomic mass is 9.87. The number of hydrazone groups is 1. The molecule has 0 unspecified atom stereocenters. The zero-order valence-electron chi connectivity index (χ0n) is 16.5. The van der Waals surface area contributed by atoms with Crippen molar-refractivity contribution in [2.45, 2.75) is 12.8 Å². The Balaban J connectivity index is 1.52. The van der Waals surface area contributed by atoms with Crippen molar-refractivity contribution in [1.82, 2.24) is 9.21 Å². The standard InChI is InChI=1S/C18H26N6O4S/c1-29(27,28)23-10-8-22(9-11-23)15-2-3-18(24(25)26)16(12-15)19-20-17-13-21-6-4-14(17)5-7-21/h2-3,12,14,19H,4-11,13H2,1H3/b20-17+. The van der Waals surface area contributed by atoms with Gasteiger partial charge in [-0.15, -0.1) is 0 Å². The van der Waals surface area contributed by atoms with Crippen LogP contribution in [-0.4, -0.2) is 80.3 Å². The van der Waals surface area contributed by atoms with Crippen molar-refractivity contribution < 1.29 is 13.3 Å². The van der Waals surface area contributed by atoms with Crippen LogP contribution < -0.4 is 10.3 Å². The summed E-state index contributed by atoms with van der Waals surface area (Å²) in [7, 11) is -3.20. The highest BCUT2D eigenvalue weighted by Crippen LogP contribution is 2.31. The van der Waals surface area contributed by atoms with Crippen LogP contribution in [-0.2, 0) is 10.0 Å². The van der Waals surface area contributed by atoms with Gasteiger partial charge in [-0.25, -0.2) is 8.42 Å². The third-order valence-corrected chi connectivity index (χ3v) is 7.32. The maximum atomic E-state index is 11.7. The van der Waals surface area contributed by atoms with Crippen molar-refractivity contribution in [3.63, 3.8) is 0 Å². The van der Waals surface area contributed by atoms with Crippen molar-refractivity contribution in [3.05, 3.63) is 28.3 Å². The summed E-state index contributed by atoms with van der Waals surface area (Å²) in [4.78, 5) is 15.4. The number of benzene rings is 1. The molecule has 5 rings (SSSR count). The Labute approximate surface area is 170 Å². The highest BCUT2D eigenvalue weighted by molar-refractivity contribution is 7.88. The summed E-state index contributed by atoms with van der Waals surface area (Å²) in [6, 6.07) is 4.93. The lowest BCUT2D eigenvalue weighted by molar-refractivity contribution is -0.383. The fraction of sp³-hybridized carbons (Fsp3) is 0.611. The van der Waals surface area contributed by atoms with Crippen molar-refractivity contribution >= 4 is 32.8 Å². The van der Waals surface area contributed by atoms with Crippen molar-refractivity contribution in [3.8, 4) is 0 Å². The fourth-order valence-corrected chi connectivity index (χ4v) is 5.12.